The van der Waals surface area contributed by atoms with Gasteiger partial charge in [0.2, 0.25) is 5.91 Å². The predicted molar refractivity (Wildman–Crippen MR) is 128 cm³/mol. The highest BCUT2D eigenvalue weighted by Gasteiger charge is 2.44. The van der Waals surface area contributed by atoms with Gasteiger partial charge in [-0.3, -0.25) is 4.79 Å². The van der Waals surface area contributed by atoms with E-state index in [9.17, 15) is 4.79 Å². The molecule has 1 unspecified atom stereocenters. The quantitative estimate of drug-likeness (QED) is 0.309. The first-order valence-corrected chi connectivity index (χ1v) is 12.5. The lowest BCUT2D eigenvalue weighted by molar-refractivity contribution is -0.121. The molecule has 1 amide bonds. The van der Waals surface area contributed by atoms with E-state index in [1.54, 1.807) is 20.7 Å². The Labute approximate surface area is 185 Å². The molecule has 2 aromatic carbocycles. The maximum atomic E-state index is 14.0. The molecule has 5 heteroatoms. The minimum atomic E-state index is -0.443. The van der Waals surface area contributed by atoms with Gasteiger partial charge in [0.1, 0.15) is 3.82 Å². The van der Waals surface area contributed by atoms with Crippen LogP contribution in [0.25, 0.3) is 11.1 Å². The molecular weight excluding hydrogens is 414 g/mol. The number of hydrogen-bond acceptors (Lipinski definition) is 4. The van der Waals surface area contributed by atoms with Crippen LogP contribution in [0.3, 0.4) is 0 Å². The Hall–Kier alpha value is -1.82. The third-order valence-corrected chi connectivity index (χ3v) is 9.33. The smallest absolute Gasteiger partial charge is 0.235 e. The van der Waals surface area contributed by atoms with Crippen LogP contribution in [0.5, 0.6) is 0 Å². The van der Waals surface area contributed by atoms with Crippen molar-refractivity contribution in [1.82, 2.24) is 0 Å². The summed E-state index contributed by atoms with van der Waals surface area (Å²) < 4.78 is 0.921. The molecule has 0 saturated carbocycles. The number of nitrogens with zero attached hydrogens (tertiary/aromatic N) is 1. The number of anilines is 1. The van der Waals surface area contributed by atoms with E-state index in [0.29, 0.717) is 0 Å². The SMILES string of the molecule is CCC(C(=O)N1c2cc(C)c(C)cc2-c2c(ssc2=S)C1(C)C)c1ccccc1. The minimum Gasteiger partial charge on any atom is -0.301 e. The first-order valence-electron chi connectivity index (χ1n) is 9.91. The van der Waals surface area contributed by atoms with Crippen LogP contribution in [-0.2, 0) is 10.3 Å². The molecule has 1 aromatic heterocycles. The maximum Gasteiger partial charge on any atom is 0.235 e. The Balaban J connectivity index is 1.95. The first-order chi connectivity index (χ1) is 13.8. The van der Waals surface area contributed by atoms with Crippen LogP contribution in [0.4, 0.5) is 5.69 Å². The van der Waals surface area contributed by atoms with Crippen LogP contribution >= 0.6 is 32.9 Å². The maximum absolute atomic E-state index is 14.0. The Bertz CT molecular complexity index is 1140. The first kappa shape index (κ1) is 20.5. The molecule has 0 aliphatic carbocycles. The van der Waals surface area contributed by atoms with E-state index in [1.165, 1.54) is 16.0 Å². The van der Waals surface area contributed by atoms with E-state index in [1.807, 2.05) is 23.1 Å². The Morgan fingerprint density at radius 1 is 1.10 bits per heavy atom. The number of aryl methyl sites for hydroxylation is 2. The van der Waals surface area contributed by atoms with Gasteiger partial charge in [0.05, 0.1) is 22.0 Å². The number of carbonyl (C=O) groups excluding carboxylic acids is 1. The van der Waals surface area contributed by atoms with Gasteiger partial charge in [-0.1, -0.05) is 70.2 Å². The molecule has 0 radical (unpaired) electrons. The summed E-state index contributed by atoms with van der Waals surface area (Å²) in [5, 5.41) is 0. The van der Waals surface area contributed by atoms with Crippen LogP contribution in [0.2, 0.25) is 0 Å². The zero-order valence-corrected chi connectivity index (χ0v) is 19.9. The molecule has 1 aliphatic heterocycles. The fraction of sp³-hybridized carbons (Fsp3) is 0.333. The second-order valence-electron chi connectivity index (χ2n) is 8.22. The molecule has 1 atom stereocenters. The Morgan fingerprint density at radius 3 is 2.41 bits per heavy atom. The van der Waals surface area contributed by atoms with E-state index in [4.69, 9.17) is 12.2 Å². The number of rotatable bonds is 3. The largest absolute Gasteiger partial charge is 0.301 e. The fourth-order valence-electron chi connectivity index (χ4n) is 4.27. The van der Waals surface area contributed by atoms with Gasteiger partial charge in [-0.15, -0.1) is 0 Å². The molecule has 0 fully saturated rings. The van der Waals surface area contributed by atoms with Crippen molar-refractivity contribution in [2.45, 2.75) is 52.5 Å². The van der Waals surface area contributed by atoms with Gasteiger partial charge < -0.3 is 4.90 Å². The molecule has 2 nitrogen and oxygen atoms in total. The van der Waals surface area contributed by atoms with Crippen LogP contribution in [0, 0.1) is 17.7 Å². The predicted octanol–water partition coefficient (Wildman–Crippen LogP) is 7.60. The third-order valence-electron chi connectivity index (χ3n) is 6.00. The highest BCUT2D eigenvalue weighted by atomic mass is 32.9. The van der Waals surface area contributed by atoms with Crippen LogP contribution < -0.4 is 4.90 Å². The molecule has 4 rings (SSSR count). The van der Waals surface area contributed by atoms with E-state index >= 15 is 0 Å². The number of carbonyl (C=O) groups is 1. The van der Waals surface area contributed by atoms with Crippen molar-refractivity contribution in [2.24, 2.45) is 0 Å². The summed E-state index contributed by atoms with van der Waals surface area (Å²) in [6.07, 6.45) is 0.766. The van der Waals surface area contributed by atoms with Crippen LogP contribution in [-0.4, -0.2) is 5.91 Å². The van der Waals surface area contributed by atoms with Crippen molar-refractivity contribution in [1.29, 1.82) is 0 Å². The Kier molecular flexibility index (Phi) is 5.26. The summed E-state index contributed by atoms with van der Waals surface area (Å²) >= 11 is 5.71. The second-order valence-corrected chi connectivity index (χ2v) is 11.0. The standard InChI is InChI=1S/C24H25NOS3/c1-6-17(16-10-8-7-9-11-16)22(26)25-19-13-15(3)14(2)12-18(19)20-21(24(25,4)5)28-29-23(20)27/h7-13,17H,6H2,1-5H3. The van der Waals surface area contributed by atoms with Gasteiger partial charge in [0, 0.05) is 11.1 Å². The van der Waals surface area contributed by atoms with Crippen LogP contribution in [0.1, 0.15) is 54.7 Å². The monoisotopic (exact) mass is 439 g/mol. The van der Waals surface area contributed by atoms with Gasteiger partial charge in [-0.25, -0.2) is 0 Å². The van der Waals surface area contributed by atoms with Gasteiger partial charge in [-0.05, 0) is 62.9 Å². The van der Waals surface area contributed by atoms with E-state index in [-0.39, 0.29) is 11.8 Å². The third kappa shape index (κ3) is 3.20. The lowest BCUT2D eigenvalue weighted by Crippen LogP contribution is -2.49. The van der Waals surface area contributed by atoms with Crippen molar-refractivity contribution in [3.63, 3.8) is 0 Å². The van der Waals surface area contributed by atoms with Crippen molar-refractivity contribution in [2.75, 3.05) is 4.90 Å². The van der Waals surface area contributed by atoms with Crippen molar-refractivity contribution in [3.05, 3.63) is 67.9 Å². The van der Waals surface area contributed by atoms with Gasteiger partial charge in [0.25, 0.3) is 0 Å². The molecule has 3 aromatic rings. The summed E-state index contributed by atoms with van der Waals surface area (Å²) in [5.41, 5.74) is 6.28. The molecule has 150 valence electrons. The number of hydrogen-bond donors (Lipinski definition) is 0. The van der Waals surface area contributed by atoms with E-state index < -0.39 is 5.54 Å². The molecule has 0 N–H and O–H groups in total. The average molecular weight is 440 g/mol. The van der Waals surface area contributed by atoms with Gasteiger partial charge in [0.15, 0.2) is 0 Å². The molecular formula is C24H25NOS3. The van der Waals surface area contributed by atoms with Crippen molar-refractivity contribution < 1.29 is 4.79 Å². The van der Waals surface area contributed by atoms with Crippen molar-refractivity contribution >= 4 is 44.5 Å². The molecule has 0 saturated heterocycles. The number of benzene rings is 2. The highest BCUT2D eigenvalue weighted by molar-refractivity contribution is 7.80. The molecule has 0 bridgehead atoms. The zero-order valence-electron chi connectivity index (χ0n) is 17.4. The topological polar surface area (TPSA) is 20.3 Å². The number of amides is 1. The Morgan fingerprint density at radius 2 is 1.76 bits per heavy atom. The molecule has 29 heavy (non-hydrogen) atoms. The normalized spacial score (nSPS) is 15.6. The zero-order chi connectivity index (χ0) is 20.9. The van der Waals surface area contributed by atoms with E-state index in [2.05, 4.69) is 58.9 Å². The summed E-state index contributed by atoms with van der Waals surface area (Å²) in [4.78, 5) is 17.3. The van der Waals surface area contributed by atoms with E-state index in [0.717, 1.165) is 32.6 Å². The van der Waals surface area contributed by atoms with Gasteiger partial charge >= 0.3 is 0 Å². The lowest BCUT2D eigenvalue weighted by Gasteiger charge is -2.44. The number of fused-ring (bicyclic) bond motifs is 3. The van der Waals surface area contributed by atoms with Crippen LogP contribution in [0.15, 0.2) is 42.5 Å². The summed E-state index contributed by atoms with van der Waals surface area (Å²) in [7, 11) is 3.35. The summed E-state index contributed by atoms with van der Waals surface area (Å²) in [5.74, 6) is -0.0127. The lowest BCUT2D eigenvalue weighted by atomic mass is 9.83. The van der Waals surface area contributed by atoms with Crippen molar-refractivity contribution in [3.8, 4) is 11.1 Å². The molecule has 2 heterocycles. The average Bonchev–Trinajstić information content (AvgIpc) is 3.08. The fourth-order valence-corrected chi connectivity index (χ4v) is 7.55. The molecule has 1 aliphatic rings. The van der Waals surface area contributed by atoms with Gasteiger partial charge in [-0.2, -0.15) is 0 Å². The summed E-state index contributed by atoms with van der Waals surface area (Å²) in [6.45, 7) is 10.6. The minimum absolute atomic E-state index is 0.156. The second kappa shape index (κ2) is 7.46. The summed E-state index contributed by atoms with van der Waals surface area (Å²) in [6, 6.07) is 14.5. The molecule has 0 spiro atoms. The highest BCUT2D eigenvalue weighted by Crippen LogP contribution is 2.53.